The molecular weight excluding hydrogens is 420 g/mol. The van der Waals surface area contributed by atoms with Crippen LogP contribution in [0.5, 0.6) is 0 Å². The molecule has 1 aromatic carbocycles. The fourth-order valence-corrected chi connectivity index (χ4v) is 4.99. The molecule has 8 nitrogen and oxygen atoms in total. The molecule has 2 atom stereocenters. The molecule has 1 aliphatic heterocycles. The van der Waals surface area contributed by atoms with Crippen LogP contribution in [0.3, 0.4) is 0 Å². The third-order valence-electron chi connectivity index (χ3n) is 6.63. The molecule has 170 valence electrons. The van der Waals surface area contributed by atoms with Crippen LogP contribution in [0.4, 0.5) is 5.95 Å². The summed E-state index contributed by atoms with van der Waals surface area (Å²) in [6, 6.07) is 9.91. The van der Waals surface area contributed by atoms with Crippen molar-refractivity contribution in [1.82, 2.24) is 15.0 Å². The highest BCUT2D eigenvalue weighted by Crippen LogP contribution is 2.34. The van der Waals surface area contributed by atoms with Gasteiger partial charge in [0, 0.05) is 31.3 Å². The number of H-pyrrole nitrogens is 1. The van der Waals surface area contributed by atoms with E-state index in [0.717, 1.165) is 18.4 Å². The summed E-state index contributed by atoms with van der Waals surface area (Å²) in [4.78, 5) is 52.1. The van der Waals surface area contributed by atoms with Crippen LogP contribution in [0, 0.1) is 5.92 Å². The van der Waals surface area contributed by atoms with Gasteiger partial charge in [0.25, 0.3) is 5.56 Å². The molecule has 5 rings (SSSR count). The first kappa shape index (κ1) is 21.3. The van der Waals surface area contributed by atoms with Crippen molar-refractivity contribution < 1.29 is 14.3 Å². The van der Waals surface area contributed by atoms with Gasteiger partial charge in [-0.05, 0) is 43.2 Å². The van der Waals surface area contributed by atoms with E-state index in [1.165, 1.54) is 0 Å². The Labute approximate surface area is 191 Å². The van der Waals surface area contributed by atoms with Crippen LogP contribution >= 0.6 is 0 Å². The molecule has 2 aromatic heterocycles. The molecule has 33 heavy (non-hydrogen) atoms. The standard InChI is InChI=1S/C25H26N4O4/c1-2-33-24(32)16-9-6-10-29(14-16)25-27-22-21(23(31)28-25)18-11-17(15-7-4-3-5-8-15)12-20(30)19(18)13-26-22/h3-5,7-8,13,16-17H,2,6,9-12,14H2,1H3,(H,26,27,28,31)/t16-,17-/m0/s1. The molecule has 0 spiro atoms. The molecular formula is C25H26N4O4. The van der Waals surface area contributed by atoms with E-state index in [4.69, 9.17) is 4.74 Å². The molecule has 0 unspecified atom stereocenters. The molecule has 0 amide bonds. The summed E-state index contributed by atoms with van der Waals surface area (Å²) in [5, 5.41) is 0.379. The Hall–Kier alpha value is -3.55. The molecule has 0 saturated carbocycles. The molecule has 3 aromatic rings. The number of piperidine rings is 1. The van der Waals surface area contributed by atoms with Gasteiger partial charge in [-0.15, -0.1) is 0 Å². The number of carbonyl (C=O) groups excluding carboxylic acids is 2. The van der Waals surface area contributed by atoms with E-state index in [2.05, 4.69) is 15.0 Å². The van der Waals surface area contributed by atoms with Crippen LogP contribution in [0.25, 0.3) is 11.0 Å². The van der Waals surface area contributed by atoms with Crippen molar-refractivity contribution >= 4 is 28.7 Å². The van der Waals surface area contributed by atoms with E-state index in [1.807, 2.05) is 35.2 Å². The van der Waals surface area contributed by atoms with Crippen LogP contribution in [-0.4, -0.2) is 46.4 Å². The second kappa shape index (κ2) is 8.77. The van der Waals surface area contributed by atoms with E-state index >= 15 is 0 Å². The summed E-state index contributed by atoms with van der Waals surface area (Å²) >= 11 is 0. The Morgan fingerprint density at radius 2 is 2.03 bits per heavy atom. The number of carbonyl (C=O) groups is 2. The number of nitrogens with zero attached hydrogens (tertiary/aromatic N) is 3. The van der Waals surface area contributed by atoms with Crippen LogP contribution in [-0.2, 0) is 16.0 Å². The van der Waals surface area contributed by atoms with E-state index in [1.54, 1.807) is 13.1 Å². The number of Topliss-reactive ketones (excluding diaryl/α,β-unsaturated/α-hetero) is 1. The fraction of sp³-hybridized carbons (Fsp3) is 0.400. The van der Waals surface area contributed by atoms with Crippen molar-refractivity contribution in [2.24, 2.45) is 5.92 Å². The van der Waals surface area contributed by atoms with Gasteiger partial charge in [0.15, 0.2) is 11.4 Å². The maximum atomic E-state index is 13.2. The van der Waals surface area contributed by atoms with Gasteiger partial charge in [0.05, 0.1) is 17.9 Å². The van der Waals surface area contributed by atoms with Gasteiger partial charge in [-0.1, -0.05) is 30.3 Å². The Morgan fingerprint density at radius 3 is 2.82 bits per heavy atom. The lowest BCUT2D eigenvalue weighted by atomic mass is 9.79. The lowest BCUT2D eigenvalue weighted by molar-refractivity contribution is -0.148. The van der Waals surface area contributed by atoms with Crippen molar-refractivity contribution in [2.45, 2.75) is 38.5 Å². The summed E-state index contributed by atoms with van der Waals surface area (Å²) in [6.45, 7) is 3.26. The van der Waals surface area contributed by atoms with Gasteiger partial charge in [0.1, 0.15) is 0 Å². The average Bonchev–Trinajstić information content (AvgIpc) is 2.84. The largest absolute Gasteiger partial charge is 0.466 e. The van der Waals surface area contributed by atoms with Crippen molar-refractivity contribution in [3.8, 4) is 0 Å². The summed E-state index contributed by atoms with van der Waals surface area (Å²) < 4.78 is 5.18. The zero-order valence-corrected chi connectivity index (χ0v) is 18.5. The number of aromatic amines is 1. The first-order valence-corrected chi connectivity index (χ1v) is 11.5. The maximum absolute atomic E-state index is 13.2. The Morgan fingerprint density at radius 1 is 1.21 bits per heavy atom. The van der Waals surface area contributed by atoms with Crippen molar-refractivity contribution in [2.75, 3.05) is 24.6 Å². The highest BCUT2D eigenvalue weighted by atomic mass is 16.5. The lowest BCUT2D eigenvalue weighted by Crippen LogP contribution is -2.41. The van der Waals surface area contributed by atoms with E-state index in [0.29, 0.717) is 60.6 Å². The van der Waals surface area contributed by atoms with Gasteiger partial charge in [-0.2, -0.15) is 4.98 Å². The van der Waals surface area contributed by atoms with Gasteiger partial charge in [-0.25, -0.2) is 4.98 Å². The normalized spacial score (nSPS) is 20.5. The molecule has 1 N–H and O–H groups in total. The minimum atomic E-state index is -0.306. The minimum Gasteiger partial charge on any atom is -0.466 e. The number of esters is 1. The van der Waals surface area contributed by atoms with Crippen molar-refractivity contribution in [3.63, 3.8) is 0 Å². The van der Waals surface area contributed by atoms with Crippen LogP contribution < -0.4 is 10.5 Å². The number of pyridine rings is 1. The Kier molecular flexibility index (Phi) is 5.66. The van der Waals surface area contributed by atoms with Crippen LogP contribution in [0.15, 0.2) is 41.3 Å². The SMILES string of the molecule is CCOC(=O)[C@H]1CCCN(c2nc3ncc4c(c3c(=O)[nH]2)C[C@H](c2ccccc2)CC4=O)C1. The quantitative estimate of drug-likeness (QED) is 0.614. The zero-order chi connectivity index (χ0) is 22.9. The first-order chi connectivity index (χ1) is 16.0. The van der Waals surface area contributed by atoms with Gasteiger partial charge in [-0.3, -0.25) is 19.4 Å². The molecule has 0 bridgehead atoms. The Balaban J connectivity index is 1.50. The number of aromatic nitrogens is 3. The topological polar surface area (TPSA) is 105 Å². The minimum absolute atomic E-state index is 0.00344. The van der Waals surface area contributed by atoms with E-state index in [9.17, 15) is 14.4 Å². The number of ether oxygens (including phenoxy) is 1. The lowest BCUT2D eigenvalue weighted by Gasteiger charge is -2.32. The summed E-state index contributed by atoms with van der Waals surface area (Å²) in [5.74, 6) is -0.0567. The maximum Gasteiger partial charge on any atom is 0.310 e. The smallest absolute Gasteiger partial charge is 0.310 e. The monoisotopic (exact) mass is 446 g/mol. The number of benzene rings is 1. The molecule has 1 fully saturated rings. The molecule has 1 aliphatic carbocycles. The predicted molar refractivity (Wildman–Crippen MR) is 124 cm³/mol. The second-order valence-corrected chi connectivity index (χ2v) is 8.71. The number of fused-ring (bicyclic) bond motifs is 3. The van der Waals surface area contributed by atoms with Crippen molar-refractivity contribution in [3.05, 3.63) is 63.6 Å². The predicted octanol–water partition coefficient (Wildman–Crippen LogP) is 3.01. The zero-order valence-electron chi connectivity index (χ0n) is 18.5. The third kappa shape index (κ3) is 4.01. The number of hydrogen-bond donors (Lipinski definition) is 1. The molecule has 2 aliphatic rings. The highest BCUT2D eigenvalue weighted by Gasteiger charge is 2.31. The van der Waals surface area contributed by atoms with E-state index in [-0.39, 0.29) is 29.1 Å². The fourth-order valence-electron chi connectivity index (χ4n) is 4.99. The van der Waals surface area contributed by atoms with E-state index < -0.39 is 0 Å². The summed E-state index contributed by atoms with van der Waals surface area (Å²) in [7, 11) is 0. The number of rotatable bonds is 4. The number of anilines is 1. The molecule has 0 radical (unpaired) electrons. The summed E-state index contributed by atoms with van der Waals surface area (Å²) in [5.41, 5.74) is 2.33. The molecule has 8 heteroatoms. The number of hydrogen-bond acceptors (Lipinski definition) is 7. The highest BCUT2D eigenvalue weighted by molar-refractivity contribution is 6.02. The van der Waals surface area contributed by atoms with Crippen LogP contribution in [0.2, 0.25) is 0 Å². The number of nitrogens with one attached hydrogen (secondary N) is 1. The number of ketones is 1. The van der Waals surface area contributed by atoms with Gasteiger partial charge < -0.3 is 9.64 Å². The second-order valence-electron chi connectivity index (χ2n) is 8.71. The summed E-state index contributed by atoms with van der Waals surface area (Å²) in [6.07, 6.45) is 4.09. The molecule has 3 heterocycles. The van der Waals surface area contributed by atoms with Crippen molar-refractivity contribution in [1.29, 1.82) is 0 Å². The average molecular weight is 447 g/mol. The third-order valence-corrected chi connectivity index (χ3v) is 6.63. The molecule has 1 saturated heterocycles. The van der Waals surface area contributed by atoms with Crippen LogP contribution in [0.1, 0.15) is 53.6 Å². The van der Waals surface area contributed by atoms with Gasteiger partial charge in [0.2, 0.25) is 5.95 Å². The Bertz CT molecular complexity index is 1270. The first-order valence-electron chi connectivity index (χ1n) is 11.5. The van der Waals surface area contributed by atoms with Gasteiger partial charge >= 0.3 is 5.97 Å².